The summed E-state index contributed by atoms with van der Waals surface area (Å²) >= 11 is 6.51. The van der Waals surface area contributed by atoms with Crippen molar-refractivity contribution < 1.29 is 9.53 Å². The van der Waals surface area contributed by atoms with Crippen LogP contribution in [0.5, 0.6) is 5.75 Å². The second-order valence-electron chi connectivity index (χ2n) is 7.18. The monoisotopic (exact) mass is 492 g/mol. The lowest BCUT2D eigenvalue weighted by atomic mass is 9.94. The summed E-state index contributed by atoms with van der Waals surface area (Å²) in [6.45, 7) is 6.89. The average molecular weight is 493 g/mol. The largest absolute Gasteiger partial charge is 0.493 e. The van der Waals surface area contributed by atoms with Gasteiger partial charge < -0.3 is 20.4 Å². The van der Waals surface area contributed by atoms with Gasteiger partial charge in [0.05, 0.1) is 29.6 Å². The van der Waals surface area contributed by atoms with Gasteiger partial charge in [0.15, 0.2) is 11.5 Å². The minimum absolute atomic E-state index is 0.242. The third-order valence-electron chi connectivity index (χ3n) is 4.94. The fourth-order valence-electron chi connectivity index (χ4n) is 3.41. The third-order valence-corrected chi connectivity index (χ3v) is 5.24. The molecular weight excluding hydrogens is 468 g/mol. The molecule has 0 radical (unpaired) electrons. The number of amides is 1. The number of halogens is 1. The number of rotatable bonds is 8. The predicted octanol–water partition coefficient (Wildman–Crippen LogP) is 4.26. The minimum Gasteiger partial charge on any atom is -0.493 e. The molecule has 0 saturated carbocycles. The highest BCUT2D eigenvalue weighted by molar-refractivity contribution is 6.32. The fraction of sp³-hybridized carbons (Fsp3) is 0.250. The molecule has 3 aromatic heterocycles. The number of aromatic nitrogens is 5. The molecule has 3 N–H and O–H groups in total. The maximum absolute atomic E-state index is 9.76. The van der Waals surface area contributed by atoms with Crippen molar-refractivity contribution in [1.29, 1.82) is 5.26 Å². The Kier molecular flexibility index (Phi) is 8.92. The molecule has 10 nitrogen and oxygen atoms in total. The van der Waals surface area contributed by atoms with Gasteiger partial charge in [0.1, 0.15) is 23.7 Å². The summed E-state index contributed by atoms with van der Waals surface area (Å²) in [7, 11) is 0. The number of aromatic amines is 1. The first kappa shape index (κ1) is 25.4. The maximum atomic E-state index is 9.76. The van der Waals surface area contributed by atoms with Crippen LogP contribution in [0.15, 0.2) is 43.2 Å². The number of nitrogens with zero attached hydrogens (tertiary/aromatic N) is 5. The Bertz CT molecular complexity index is 1320. The van der Waals surface area contributed by atoms with Crippen molar-refractivity contribution in [3.05, 3.63) is 59.4 Å². The quantitative estimate of drug-likeness (QED) is 0.310. The number of carbonyl (C=O) groups is 1. The lowest BCUT2D eigenvalue weighted by Crippen LogP contribution is -2.12. The Labute approximate surface area is 207 Å². The summed E-state index contributed by atoms with van der Waals surface area (Å²) in [4.78, 5) is 29.2. The van der Waals surface area contributed by atoms with E-state index in [0.717, 1.165) is 17.7 Å². The van der Waals surface area contributed by atoms with Gasteiger partial charge in [0.2, 0.25) is 6.41 Å². The van der Waals surface area contributed by atoms with Crippen molar-refractivity contribution in [2.75, 3.05) is 18.5 Å². The summed E-state index contributed by atoms with van der Waals surface area (Å²) in [5.74, 6) is 1.19. The summed E-state index contributed by atoms with van der Waals surface area (Å²) < 4.78 is 6.02. The lowest BCUT2D eigenvalue weighted by molar-refractivity contribution is -0.109. The summed E-state index contributed by atoms with van der Waals surface area (Å²) in [6, 6.07) is 7.41. The van der Waals surface area contributed by atoms with Crippen LogP contribution < -0.4 is 15.4 Å². The van der Waals surface area contributed by atoms with Crippen LogP contribution in [0, 0.1) is 11.3 Å². The van der Waals surface area contributed by atoms with Gasteiger partial charge in [-0.2, -0.15) is 5.26 Å². The molecule has 1 amide bonds. The maximum Gasteiger partial charge on any atom is 0.207 e. The standard InChI is InChI=1S/C21H18ClN7O.C3H7NO/c1-3-30-19-14(12(2)29-21-18-20(26-10-25-18)27-11-28-21)7-16(22)15(8-23)17(19)13-5-4-6-24-9-13;1-2-4-3-5/h4-7,9-12H,3H2,1-2H3,(H2,25,26,27,28,29);3H,2H2,1H3,(H,4,5). The van der Waals surface area contributed by atoms with E-state index in [0.29, 0.717) is 51.9 Å². The molecule has 4 rings (SSSR count). The van der Waals surface area contributed by atoms with E-state index in [1.807, 2.05) is 32.9 Å². The van der Waals surface area contributed by atoms with Crippen molar-refractivity contribution in [3.63, 3.8) is 0 Å². The van der Waals surface area contributed by atoms with Crippen molar-refractivity contribution in [3.8, 4) is 22.9 Å². The summed E-state index contributed by atoms with van der Waals surface area (Å²) in [5.41, 5.74) is 3.80. The molecule has 0 bridgehead atoms. The molecule has 3 heterocycles. The first-order chi connectivity index (χ1) is 17.0. The van der Waals surface area contributed by atoms with Crippen LogP contribution in [0.2, 0.25) is 5.02 Å². The van der Waals surface area contributed by atoms with Gasteiger partial charge in [-0.1, -0.05) is 17.7 Å². The highest BCUT2D eigenvalue weighted by atomic mass is 35.5. The molecule has 1 atom stereocenters. The summed E-state index contributed by atoms with van der Waals surface area (Å²) in [6.07, 6.45) is 7.07. The molecule has 1 unspecified atom stereocenters. The van der Waals surface area contributed by atoms with Crippen molar-refractivity contribution in [1.82, 2.24) is 30.2 Å². The Morgan fingerprint density at radius 3 is 2.77 bits per heavy atom. The number of H-pyrrole nitrogens is 1. The fourth-order valence-corrected chi connectivity index (χ4v) is 3.66. The molecule has 35 heavy (non-hydrogen) atoms. The molecule has 11 heteroatoms. The average Bonchev–Trinajstić information content (AvgIpc) is 3.36. The molecular formula is C24H25ClN8O2. The van der Waals surface area contributed by atoms with E-state index in [1.54, 1.807) is 24.8 Å². The molecule has 4 aromatic rings. The number of fused-ring (bicyclic) bond motifs is 1. The van der Waals surface area contributed by atoms with E-state index in [2.05, 4.69) is 41.6 Å². The first-order valence-electron chi connectivity index (χ1n) is 10.9. The second-order valence-corrected chi connectivity index (χ2v) is 7.59. The van der Waals surface area contributed by atoms with E-state index in [-0.39, 0.29) is 6.04 Å². The van der Waals surface area contributed by atoms with Crippen LogP contribution in [0.4, 0.5) is 5.82 Å². The van der Waals surface area contributed by atoms with E-state index >= 15 is 0 Å². The highest BCUT2D eigenvalue weighted by Gasteiger charge is 2.24. The predicted molar refractivity (Wildman–Crippen MR) is 134 cm³/mol. The number of ether oxygens (including phenoxy) is 1. The van der Waals surface area contributed by atoms with Crippen LogP contribution in [-0.2, 0) is 4.79 Å². The van der Waals surface area contributed by atoms with Crippen LogP contribution in [0.3, 0.4) is 0 Å². The van der Waals surface area contributed by atoms with Crippen molar-refractivity contribution in [2.24, 2.45) is 0 Å². The van der Waals surface area contributed by atoms with Gasteiger partial charge in [0, 0.05) is 35.6 Å². The van der Waals surface area contributed by atoms with Gasteiger partial charge in [-0.3, -0.25) is 9.78 Å². The van der Waals surface area contributed by atoms with E-state index < -0.39 is 0 Å². The van der Waals surface area contributed by atoms with Gasteiger partial charge in [0.25, 0.3) is 0 Å². The number of imidazole rings is 1. The van der Waals surface area contributed by atoms with Gasteiger partial charge in [-0.05, 0) is 32.9 Å². The van der Waals surface area contributed by atoms with E-state index in [1.165, 1.54) is 6.33 Å². The van der Waals surface area contributed by atoms with Crippen molar-refractivity contribution >= 4 is 35.0 Å². The number of carbonyl (C=O) groups excluding carboxylic acids is 1. The van der Waals surface area contributed by atoms with Crippen LogP contribution in [0.25, 0.3) is 22.3 Å². The number of nitrogens with one attached hydrogen (secondary N) is 3. The molecule has 0 fully saturated rings. The smallest absolute Gasteiger partial charge is 0.207 e. The zero-order chi connectivity index (χ0) is 25.2. The zero-order valence-corrected chi connectivity index (χ0v) is 20.3. The lowest BCUT2D eigenvalue weighted by Gasteiger charge is -2.22. The molecule has 0 saturated heterocycles. The zero-order valence-electron chi connectivity index (χ0n) is 19.5. The number of nitriles is 1. The number of benzene rings is 1. The normalized spacial score (nSPS) is 11.1. The Balaban J connectivity index is 0.000000623. The van der Waals surface area contributed by atoms with Crippen LogP contribution in [-0.4, -0.2) is 44.5 Å². The molecule has 0 aliphatic carbocycles. The van der Waals surface area contributed by atoms with Gasteiger partial charge in [-0.15, -0.1) is 0 Å². The first-order valence-corrected chi connectivity index (χ1v) is 11.3. The third kappa shape index (κ3) is 5.83. The molecule has 1 aromatic carbocycles. The Morgan fingerprint density at radius 2 is 2.14 bits per heavy atom. The highest BCUT2D eigenvalue weighted by Crippen LogP contribution is 2.43. The Morgan fingerprint density at radius 1 is 1.31 bits per heavy atom. The summed E-state index contributed by atoms with van der Waals surface area (Å²) in [5, 5.41) is 15.9. The molecule has 0 aliphatic heterocycles. The SMILES string of the molecule is CCNC=O.CCOc1c(C(C)Nc2ncnc3nc[nH]c23)cc(Cl)c(C#N)c1-c1cccnc1. The minimum atomic E-state index is -0.242. The molecule has 180 valence electrons. The molecule has 0 spiro atoms. The number of anilines is 1. The number of pyridine rings is 1. The van der Waals surface area contributed by atoms with Gasteiger partial charge in [-0.25, -0.2) is 15.0 Å². The van der Waals surface area contributed by atoms with Crippen molar-refractivity contribution in [2.45, 2.75) is 26.8 Å². The van der Waals surface area contributed by atoms with E-state index in [9.17, 15) is 10.1 Å². The number of hydrogen-bond donors (Lipinski definition) is 3. The van der Waals surface area contributed by atoms with E-state index in [4.69, 9.17) is 16.3 Å². The molecule has 0 aliphatic rings. The van der Waals surface area contributed by atoms with Crippen LogP contribution >= 0.6 is 11.6 Å². The second kappa shape index (κ2) is 12.3. The number of hydrogen-bond acceptors (Lipinski definition) is 8. The van der Waals surface area contributed by atoms with Gasteiger partial charge >= 0.3 is 0 Å². The van der Waals surface area contributed by atoms with Crippen LogP contribution in [0.1, 0.15) is 37.9 Å². The topological polar surface area (TPSA) is 142 Å². The Hall–Kier alpha value is -4.23.